The Kier molecular flexibility index (Phi) is 4.63. The quantitative estimate of drug-likeness (QED) is 0.575. The summed E-state index contributed by atoms with van der Waals surface area (Å²) in [6, 6.07) is 11.5. The van der Waals surface area contributed by atoms with E-state index in [-0.39, 0.29) is 6.54 Å². The van der Waals surface area contributed by atoms with Crippen LogP contribution in [0, 0.1) is 19.7 Å². The molecule has 29 heavy (non-hydrogen) atoms. The van der Waals surface area contributed by atoms with Crippen molar-refractivity contribution in [1.82, 2.24) is 24.1 Å². The number of carbonyl (C=O) groups excluding carboxylic acids is 1. The van der Waals surface area contributed by atoms with Gasteiger partial charge in [0.15, 0.2) is 5.65 Å². The highest BCUT2D eigenvalue weighted by molar-refractivity contribution is 5.90. The molecule has 0 spiro atoms. The van der Waals surface area contributed by atoms with Gasteiger partial charge in [-0.3, -0.25) is 9.78 Å². The van der Waals surface area contributed by atoms with Crippen molar-refractivity contribution in [3.63, 3.8) is 0 Å². The normalized spacial score (nSPS) is 11.0. The lowest BCUT2D eigenvalue weighted by Gasteiger charge is -2.05. The Hall–Kier alpha value is -3.88. The Morgan fingerprint density at radius 3 is 2.69 bits per heavy atom. The fourth-order valence-electron chi connectivity index (χ4n) is 2.96. The van der Waals surface area contributed by atoms with Crippen molar-refractivity contribution in [2.45, 2.75) is 20.4 Å². The molecule has 0 aliphatic rings. The third-order valence-electron chi connectivity index (χ3n) is 4.41. The minimum absolute atomic E-state index is 0.310. The highest BCUT2D eigenvalue weighted by atomic mass is 19.1. The number of aromatic nitrogens is 5. The van der Waals surface area contributed by atoms with Gasteiger partial charge in [-0.25, -0.2) is 23.3 Å². The fraction of sp³-hybridized carbons (Fsp3) is 0.150. The van der Waals surface area contributed by atoms with Gasteiger partial charge in [-0.2, -0.15) is 0 Å². The van der Waals surface area contributed by atoms with E-state index in [1.54, 1.807) is 44.3 Å². The van der Waals surface area contributed by atoms with Gasteiger partial charge in [-0.05, 0) is 43.7 Å². The van der Waals surface area contributed by atoms with Gasteiger partial charge in [0.05, 0.1) is 11.4 Å². The average Bonchev–Trinajstić information content (AvgIpc) is 3.01. The molecule has 1 amide bonds. The number of aryl methyl sites for hydroxylation is 2. The van der Waals surface area contributed by atoms with Crippen LogP contribution in [0.1, 0.15) is 11.4 Å². The van der Waals surface area contributed by atoms with Gasteiger partial charge >= 0.3 is 5.69 Å². The van der Waals surface area contributed by atoms with Crippen molar-refractivity contribution in [3.8, 4) is 11.4 Å². The zero-order valence-corrected chi connectivity index (χ0v) is 15.8. The molecule has 3 aromatic heterocycles. The van der Waals surface area contributed by atoms with E-state index < -0.39 is 17.4 Å². The maximum atomic E-state index is 13.6. The van der Waals surface area contributed by atoms with E-state index in [1.165, 1.54) is 10.5 Å². The van der Waals surface area contributed by atoms with Crippen LogP contribution in [0.2, 0.25) is 0 Å². The van der Waals surface area contributed by atoms with Crippen LogP contribution in [0.5, 0.6) is 0 Å². The highest BCUT2D eigenvalue weighted by Crippen LogP contribution is 2.16. The Labute approximate surface area is 164 Å². The van der Waals surface area contributed by atoms with Gasteiger partial charge in [0.2, 0.25) is 5.91 Å². The maximum absolute atomic E-state index is 13.6. The van der Waals surface area contributed by atoms with Crippen LogP contribution in [0.25, 0.3) is 17.0 Å². The monoisotopic (exact) mass is 392 g/mol. The van der Waals surface area contributed by atoms with Crippen LogP contribution in [0.3, 0.4) is 0 Å². The number of benzene rings is 1. The standard InChI is InChI=1S/C20H17FN6O2/c1-12-6-7-14(9-15(12)21)24-19(28)11-26-20(29)27-13(2)23-17(10-18(27)25-26)16-5-3-4-8-22-16/h3-10H,11H2,1-2H3,(H,24,28). The Morgan fingerprint density at radius 1 is 1.14 bits per heavy atom. The molecule has 4 aromatic rings. The molecule has 8 nitrogen and oxygen atoms in total. The first-order chi connectivity index (χ1) is 13.9. The molecule has 0 saturated carbocycles. The van der Waals surface area contributed by atoms with Crippen LogP contribution in [-0.2, 0) is 11.3 Å². The highest BCUT2D eigenvalue weighted by Gasteiger charge is 2.15. The summed E-state index contributed by atoms with van der Waals surface area (Å²) in [6.07, 6.45) is 1.65. The molecule has 146 valence electrons. The summed E-state index contributed by atoms with van der Waals surface area (Å²) in [6.45, 7) is 3.00. The molecule has 9 heteroatoms. The van der Waals surface area contributed by atoms with Crippen LogP contribution in [-0.4, -0.2) is 30.1 Å². The van der Waals surface area contributed by atoms with Crippen molar-refractivity contribution < 1.29 is 9.18 Å². The van der Waals surface area contributed by atoms with E-state index >= 15 is 0 Å². The molecule has 1 N–H and O–H groups in total. The van der Waals surface area contributed by atoms with Crippen molar-refractivity contribution in [2.24, 2.45) is 0 Å². The summed E-state index contributed by atoms with van der Waals surface area (Å²) in [5.41, 5.74) is 1.89. The van der Waals surface area contributed by atoms with E-state index in [0.717, 1.165) is 4.68 Å². The maximum Gasteiger partial charge on any atom is 0.352 e. The predicted molar refractivity (Wildman–Crippen MR) is 105 cm³/mol. The molecule has 0 saturated heterocycles. The third-order valence-corrected chi connectivity index (χ3v) is 4.41. The second-order valence-corrected chi connectivity index (χ2v) is 6.55. The number of fused-ring (bicyclic) bond motifs is 1. The fourth-order valence-corrected chi connectivity index (χ4v) is 2.96. The Bertz CT molecular complexity index is 1280. The number of nitrogens with one attached hydrogen (secondary N) is 1. The molecule has 1 aromatic carbocycles. The molecule has 0 fully saturated rings. The number of carbonyl (C=O) groups is 1. The van der Waals surface area contributed by atoms with Gasteiger partial charge in [0.25, 0.3) is 0 Å². The summed E-state index contributed by atoms with van der Waals surface area (Å²) in [5, 5.41) is 6.81. The molecule has 3 heterocycles. The van der Waals surface area contributed by atoms with Crippen LogP contribution < -0.4 is 11.0 Å². The van der Waals surface area contributed by atoms with E-state index in [2.05, 4.69) is 20.4 Å². The van der Waals surface area contributed by atoms with Crippen LogP contribution >= 0.6 is 0 Å². The zero-order valence-electron chi connectivity index (χ0n) is 15.8. The van der Waals surface area contributed by atoms with Crippen molar-refractivity contribution in [2.75, 3.05) is 5.32 Å². The number of rotatable bonds is 4. The molecular formula is C20H17FN6O2. The van der Waals surface area contributed by atoms with Crippen molar-refractivity contribution >= 4 is 17.2 Å². The summed E-state index contributed by atoms with van der Waals surface area (Å²) in [7, 11) is 0. The molecule has 0 aliphatic carbocycles. The second-order valence-electron chi connectivity index (χ2n) is 6.55. The largest absolute Gasteiger partial charge is 0.352 e. The molecule has 0 unspecified atom stereocenters. The first-order valence-corrected chi connectivity index (χ1v) is 8.87. The molecule has 4 rings (SSSR count). The second kappa shape index (κ2) is 7.27. The van der Waals surface area contributed by atoms with Gasteiger partial charge in [0, 0.05) is 18.0 Å². The number of hydrogen-bond donors (Lipinski definition) is 1. The van der Waals surface area contributed by atoms with Crippen LogP contribution in [0.15, 0.2) is 53.5 Å². The average molecular weight is 392 g/mol. The van der Waals surface area contributed by atoms with E-state index in [1.807, 2.05) is 12.1 Å². The minimum atomic E-state index is -0.491. The van der Waals surface area contributed by atoms with Crippen molar-refractivity contribution in [1.29, 1.82) is 0 Å². The van der Waals surface area contributed by atoms with E-state index in [9.17, 15) is 14.0 Å². The predicted octanol–water partition coefficient (Wildman–Crippen LogP) is 2.35. The number of nitrogens with zero attached hydrogens (tertiary/aromatic N) is 5. The lowest BCUT2D eigenvalue weighted by atomic mass is 10.2. The van der Waals surface area contributed by atoms with Crippen molar-refractivity contribution in [3.05, 3.63) is 76.4 Å². The Balaban J connectivity index is 1.63. The van der Waals surface area contributed by atoms with Crippen LogP contribution in [0.4, 0.5) is 10.1 Å². The summed E-state index contributed by atoms with van der Waals surface area (Å²) in [4.78, 5) is 33.6. The number of hydrogen-bond acceptors (Lipinski definition) is 5. The Morgan fingerprint density at radius 2 is 1.97 bits per heavy atom. The lowest BCUT2D eigenvalue weighted by Crippen LogP contribution is -2.29. The molecule has 0 atom stereocenters. The topological polar surface area (TPSA) is 94.2 Å². The van der Waals surface area contributed by atoms with E-state index in [0.29, 0.717) is 34.1 Å². The molecular weight excluding hydrogens is 375 g/mol. The van der Waals surface area contributed by atoms with E-state index in [4.69, 9.17) is 0 Å². The minimum Gasteiger partial charge on any atom is -0.324 e. The number of amides is 1. The number of anilines is 1. The lowest BCUT2D eigenvalue weighted by molar-refractivity contribution is -0.117. The first kappa shape index (κ1) is 18.5. The molecule has 0 aliphatic heterocycles. The van der Waals surface area contributed by atoms with Gasteiger partial charge in [0.1, 0.15) is 18.2 Å². The summed E-state index contributed by atoms with van der Waals surface area (Å²) >= 11 is 0. The van der Waals surface area contributed by atoms with Gasteiger partial charge < -0.3 is 5.32 Å². The summed E-state index contributed by atoms with van der Waals surface area (Å²) in [5.74, 6) is -0.480. The third kappa shape index (κ3) is 3.62. The number of pyridine rings is 1. The summed E-state index contributed by atoms with van der Waals surface area (Å²) < 4.78 is 16.0. The van der Waals surface area contributed by atoms with Gasteiger partial charge in [-0.15, -0.1) is 5.10 Å². The first-order valence-electron chi connectivity index (χ1n) is 8.87. The SMILES string of the molecule is Cc1ccc(NC(=O)Cn2nc3cc(-c4ccccn4)nc(C)n3c2=O)cc1F. The van der Waals surface area contributed by atoms with Gasteiger partial charge in [-0.1, -0.05) is 12.1 Å². The smallest absolute Gasteiger partial charge is 0.324 e. The molecule has 0 radical (unpaired) electrons. The zero-order chi connectivity index (χ0) is 20.5. The molecule has 0 bridgehead atoms. The number of halogens is 1.